The molecule has 0 amide bonds. The molecule has 1 aliphatic heterocycles. The lowest BCUT2D eigenvalue weighted by Crippen LogP contribution is -2.41. The Morgan fingerprint density at radius 3 is 2.56 bits per heavy atom. The molecule has 1 heterocycles. The lowest BCUT2D eigenvalue weighted by molar-refractivity contribution is 0.214. The van der Waals surface area contributed by atoms with Gasteiger partial charge in [0.15, 0.2) is 5.96 Å². The van der Waals surface area contributed by atoms with E-state index in [9.17, 15) is 0 Å². The van der Waals surface area contributed by atoms with E-state index in [2.05, 4.69) is 48.3 Å². The van der Waals surface area contributed by atoms with Crippen LogP contribution in [0, 0.1) is 5.92 Å². The second kappa shape index (κ2) is 8.35. The maximum Gasteiger partial charge on any atom is 0.191 e. The molecule has 0 aromatic carbocycles. The summed E-state index contributed by atoms with van der Waals surface area (Å²) in [6.45, 7) is 10.8. The molecular formula is C14H30N4. The maximum atomic E-state index is 4.65. The number of aliphatic imine (C=N–C) groups is 1. The first-order chi connectivity index (χ1) is 8.61. The van der Waals surface area contributed by atoms with Crippen LogP contribution >= 0.6 is 0 Å². The lowest BCUT2D eigenvalue weighted by atomic mass is 9.94. The van der Waals surface area contributed by atoms with Crippen LogP contribution in [0.25, 0.3) is 0 Å². The Kier molecular flexibility index (Phi) is 7.09. The topological polar surface area (TPSA) is 39.7 Å². The molecule has 4 nitrogen and oxygen atoms in total. The van der Waals surface area contributed by atoms with E-state index in [1.807, 2.05) is 0 Å². The Balaban J connectivity index is 2.27. The molecule has 0 aromatic heterocycles. The average molecular weight is 254 g/mol. The lowest BCUT2D eigenvalue weighted by Gasteiger charge is -2.28. The number of hydrogen-bond donors (Lipinski definition) is 2. The van der Waals surface area contributed by atoms with Crippen molar-refractivity contribution < 1.29 is 0 Å². The number of guanidine groups is 1. The smallest absolute Gasteiger partial charge is 0.191 e. The molecule has 0 bridgehead atoms. The monoisotopic (exact) mass is 254 g/mol. The molecule has 0 aromatic rings. The van der Waals surface area contributed by atoms with Gasteiger partial charge >= 0.3 is 0 Å². The van der Waals surface area contributed by atoms with Crippen molar-refractivity contribution in [2.24, 2.45) is 10.9 Å². The third kappa shape index (κ3) is 6.24. The van der Waals surface area contributed by atoms with Gasteiger partial charge in [0, 0.05) is 19.1 Å². The molecule has 1 saturated heterocycles. The van der Waals surface area contributed by atoms with Crippen molar-refractivity contribution in [1.82, 2.24) is 15.5 Å². The van der Waals surface area contributed by atoms with E-state index in [0.717, 1.165) is 25.0 Å². The highest BCUT2D eigenvalue weighted by molar-refractivity contribution is 5.79. The average Bonchev–Trinajstić information content (AvgIpc) is 2.31. The number of nitrogens with one attached hydrogen (secondary N) is 2. The SMILES string of the molecule is CCNC(=NCCC1CCN(C)CC1)NC(C)C. The fraction of sp³-hybridized carbons (Fsp3) is 0.929. The van der Waals surface area contributed by atoms with Gasteiger partial charge in [-0.1, -0.05) is 0 Å². The molecule has 106 valence electrons. The molecule has 2 N–H and O–H groups in total. The van der Waals surface area contributed by atoms with Crippen LogP contribution in [0.15, 0.2) is 4.99 Å². The summed E-state index contributed by atoms with van der Waals surface area (Å²) < 4.78 is 0. The van der Waals surface area contributed by atoms with Gasteiger partial charge in [-0.3, -0.25) is 4.99 Å². The molecule has 18 heavy (non-hydrogen) atoms. The Morgan fingerprint density at radius 2 is 2.00 bits per heavy atom. The quantitative estimate of drug-likeness (QED) is 0.579. The minimum absolute atomic E-state index is 0.436. The predicted molar refractivity (Wildman–Crippen MR) is 79.1 cm³/mol. The zero-order valence-electron chi connectivity index (χ0n) is 12.5. The maximum absolute atomic E-state index is 4.65. The van der Waals surface area contributed by atoms with Crippen molar-refractivity contribution in [3.05, 3.63) is 0 Å². The first-order valence-electron chi connectivity index (χ1n) is 7.35. The van der Waals surface area contributed by atoms with Crippen LogP contribution in [-0.2, 0) is 0 Å². The van der Waals surface area contributed by atoms with E-state index in [1.54, 1.807) is 0 Å². The molecule has 1 fully saturated rings. The molecule has 1 aliphatic rings. The van der Waals surface area contributed by atoms with Crippen molar-refractivity contribution in [2.45, 2.75) is 46.1 Å². The standard InChI is InChI=1S/C14H30N4/c1-5-15-14(17-12(2)3)16-9-6-13-7-10-18(4)11-8-13/h12-13H,5-11H2,1-4H3,(H2,15,16,17). The van der Waals surface area contributed by atoms with Crippen molar-refractivity contribution in [2.75, 3.05) is 33.2 Å². The summed E-state index contributed by atoms with van der Waals surface area (Å²) in [5, 5.41) is 6.65. The van der Waals surface area contributed by atoms with Gasteiger partial charge in [-0.2, -0.15) is 0 Å². The Bertz CT molecular complexity index is 242. The van der Waals surface area contributed by atoms with Gasteiger partial charge in [-0.05, 0) is 66.1 Å². The second-order valence-electron chi connectivity index (χ2n) is 5.60. The highest BCUT2D eigenvalue weighted by Crippen LogP contribution is 2.19. The zero-order chi connectivity index (χ0) is 13.4. The fourth-order valence-electron chi connectivity index (χ4n) is 2.30. The third-order valence-electron chi connectivity index (χ3n) is 3.42. The number of likely N-dealkylation sites (tertiary alicyclic amines) is 1. The van der Waals surface area contributed by atoms with Crippen molar-refractivity contribution in [1.29, 1.82) is 0 Å². The number of hydrogen-bond acceptors (Lipinski definition) is 2. The molecule has 1 rings (SSSR count). The van der Waals surface area contributed by atoms with Gasteiger partial charge in [-0.15, -0.1) is 0 Å². The van der Waals surface area contributed by atoms with E-state index in [1.165, 1.54) is 32.4 Å². The van der Waals surface area contributed by atoms with E-state index in [-0.39, 0.29) is 0 Å². The summed E-state index contributed by atoms with van der Waals surface area (Å²) in [5.74, 6) is 1.83. The predicted octanol–water partition coefficient (Wildman–Crippen LogP) is 1.68. The summed E-state index contributed by atoms with van der Waals surface area (Å²) in [4.78, 5) is 7.07. The molecule has 0 unspecified atom stereocenters. The number of piperidine rings is 1. The summed E-state index contributed by atoms with van der Waals surface area (Å²) in [5.41, 5.74) is 0. The Morgan fingerprint density at radius 1 is 1.33 bits per heavy atom. The molecule has 0 spiro atoms. The summed E-state index contributed by atoms with van der Waals surface area (Å²) >= 11 is 0. The van der Waals surface area contributed by atoms with Crippen LogP contribution < -0.4 is 10.6 Å². The van der Waals surface area contributed by atoms with Gasteiger partial charge in [0.25, 0.3) is 0 Å². The summed E-state index contributed by atoms with van der Waals surface area (Å²) in [7, 11) is 2.21. The van der Waals surface area contributed by atoms with Gasteiger partial charge in [-0.25, -0.2) is 0 Å². The summed E-state index contributed by atoms with van der Waals surface area (Å²) in [6.07, 6.45) is 3.89. The first-order valence-corrected chi connectivity index (χ1v) is 7.35. The van der Waals surface area contributed by atoms with E-state index >= 15 is 0 Å². The van der Waals surface area contributed by atoms with Gasteiger partial charge < -0.3 is 15.5 Å². The Labute approximate surface area is 112 Å². The second-order valence-corrected chi connectivity index (χ2v) is 5.60. The molecule has 0 aliphatic carbocycles. The highest BCUT2D eigenvalue weighted by atomic mass is 15.2. The Hall–Kier alpha value is -0.770. The minimum Gasteiger partial charge on any atom is -0.357 e. The fourth-order valence-corrected chi connectivity index (χ4v) is 2.30. The van der Waals surface area contributed by atoms with Crippen molar-refractivity contribution >= 4 is 5.96 Å². The van der Waals surface area contributed by atoms with Crippen LogP contribution in [-0.4, -0.2) is 50.1 Å². The van der Waals surface area contributed by atoms with Gasteiger partial charge in [0.2, 0.25) is 0 Å². The molecule has 0 radical (unpaired) electrons. The van der Waals surface area contributed by atoms with E-state index in [0.29, 0.717) is 6.04 Å². The minimum atomic E-state index is 0.436. The number of rotatable bonds is 5. The first kappa shape index (κ1) is 15.3. The van der Waals surface area contributed by atoms with Crippen LogP contribution in [0.2, 0.25) is 0 Å². The zero-order valence-corrected chi connectivity index (χ0v) is 12.5. The molecule has 0 atom stereocenters. The van der Waals surface area contributed by atoms with Crippen LogP contribution in [0.4, 0.5) is 0 Å². The molecule has 0 saturated carbocycles. The normalized spacial score (nSPS) is 19.3. The van der Waals surface area contributed by atoms with Crippen molar-refractivity contribution in [3.63, 3.8) is 0 Å². The van der Waals surface area contributed by atoms with Crippen LogP contribution in [0.1, 0.15) is 40.0 Å². The van der Waals surface area contributed by atoms with E-state index in [4.69, 9.17) is 0 Å². The number of nitrogens with zero attached hydrogens (tertiary/aromatic N) is 2. The van der Waals surface area contributed by atoms with Crippen LogP contribution in [0.5, 0.6) is 0 Å². The largest absolute Gasteiger partial charge is 0.357 e. The van der Waals surface area contributed by atoms with Crippen LogP contribution in [0.3, 0.4) is 0 Å². The molecule has 4 heteroatoms. The van der Waals surface area contributed by atoms with Gasteiger partial charge in [0.1, 0.15) is 0 Å². The third-order valence-corrected chi connectivity index (χ3v) is 3.42. The highest BCUT2D eigenvalue weighted by Gasteiger charge is 2.15. The van der Waals surface area contributed by atoms with E-state index < -0.39 is 0 Å². The molecular weight excluding hydrogens is 224 g/mol. The van der Waals surface area contributed by atoms with Gasteiger partial charge in [0.05, 0.1) is 0 Å². The van der Waals surface area contributed by atoms with Crippen molar-refractivity contribution in [3.8, 4) is 0 Å². The summed E-state index contributed by atoms with van der Waals surface area (Å²) in [6, 6.07) is 0.436.